The monoisotopic (exact) mass is 310 g/mol. The SMILES string of the molecule is Cc1cc(C#Cc2c(F)cc(C3CC3C)cc2F)cc(C)c1C. The van der Waals surface area contributed by atoms with E-state index in [1.165, 1.54) is 17.7 Å². The number of rotatable bonds is 1. The first-order valence-corrected chi connectivity index (χ1v) is 7.95. The van der Waals surface area contributed by atoms with Crippen molar-refractivity contribution in [2.24, 2.45) is 5.92 Å². The molecule has 1 saturated carbocycles. The molecule has 0 N–H and O–H groups in total. The van der Waals surface area contributed by atoms with Crippen molar-refractivity contribution in [1.82, 2.24) is 0 Å². The zero-order valence-electron chi connectivity index (χ0n) is 13.9. The zero-order chi connectivity index (χ0) is 16.7. The summed E-state index contributed by atoms with van der Waals surface area (Å²) in [5, 5.41) is 0. The van der Waals surface area contributed by atoms with Crippen LogP contribution in [0.25, 0.3) is 0 Å². The lowest BCUT2D eigenvalue weighted by molar-refractivity contribution is 0.573. The van der Waals surface area contributed by atoms with Crippen LogP contribution >= 0.6 is 0 Å². The van der Waals surface area contributed by atoms with Gasteiger partial charge in [0.2, 0.25) is 0 Å². The highest BCUT2D eigenvalue weighted by molar-refractivity contribution is 5.49. The first-order valence-electron chi connectivity index (χ1n) is 7.95. The van der Waals surface area contributed by atoms with E-state index in [2.05, 4.69) is 25.7 Å². The fraction of sp³-hybridized carbons (Fsp3) is 0.333. The molecule has 1 fully saturated rings. The summed E-state index contributed by atoms with van der Waals surface area (Å²) in [4.78, 5) is 0. The lowest BCUT2D eigenvalue weighted by Crippen LogP contribution is -1.95. The Morgan fingerprint density at radius 2 is 1.43 bits per heavy atom. The Morgan fingerprint density at radius 3 is 1.91 bits per heavy atom. The summed E-state index contributed by atoms with van der Waals surface area (Å²) >= 11 is 0. The highest BCUT2D eigenvalue weighted by atomic mass is 19.1. The minimum atomic E-state index is -0.563. The van der Waals surface area contributed by atoms with Gasteiger partial charge in [0.1, 0.15) is 11.6 Å². The number of aryl methyl sites for hydroxylation is 2. The molecule has 0 aromatic heterocycles. The normalized spacial score (nSPS) is 19.2. The topological polar surface area (TPSA) is 0 Å². The summed E-state index contributed by atoms with van der Waals surface area (Å²) in [5.74, 6) is 5.25. The average Bonchev–Trinajstić information content (AvgIpc) is 3.20. The van der Waals surface area contributed by atoms with E-state index in [4.69, 9.17) is 0 Å². The number of benzene rings is 2. The molecule has 0 spiro atoms. The maximum Gasteiger partial charge on any atom is 0.142 e. The molecule has 118 valence electrons. The van der Waals surface area contributed by atoms with E-state index in [1.807, 2.05) is 26.0 Å². The number of hydrogen-bond acceptors (Lipinski definition) is 0. The summed E-state index contributed by atoms with van der Waals surface area (Å²) < 4.78 is 28.4. The van der Waals surface area contributed by atoms with Gasteiger partial charge >= 0.3 is 0 Å². The van der Waals surface area contributed by atoms with Gasteiger partial charge in [-0.05, 0) is 85.5 Å². The highest BCUT2D eigenvalue weighted by Crippen LogP contribution is 2.47. The smallest absolute Gasteiger partial charge is 0.142 e. The Balaban J connectivity index is 1.95. The molecule has 0 aliphatic heterocycles. The van der Waals surface area contributed by atoms with E-state index in [0.717, 1.165) is 28.7 Å². The number of hydrogen-bond donors (Lipinski definition) is 0. The largest absolute Gasteiger partial charge is 0.206 e. The molecule has 2 aromatic carbocycles. The van der Waals surface area contributed by atoms with Crippen LogP contribution in [0, 0.1) is 50.2 Å². The quantitative estimate of drug-likeness (QED) is 0.618. The first kappa shape index (κ1) is 15.7. The Hall–Kier alpha value is -2.14. The van der Waals surface area contributed by atoms with Crippen LogP contribution in [0.3, 0.4) is 0 Å². The summed E-state index contributed by atoms with van der Waals surface area (Å²) in [6, 6.07) is 6.77. The minimum Gasteiger partial charge on any atom is -0.206 e. The third-order valence-corrected chi connectivity index (χ3v) is 4.86. The van der Waals surface area contributed by atoms with Gasteiger partial charge in [-0.2, -0.15) is 0 Å². The van der Waals surface area contributed by atoms with Crippen molar-refractivity contribution in [1.29, 1.82) is 0 Å². The van der Waals surface area contributed by atoms with Crippen LogP contribution in [0.5, 0.6) is 0 Å². The molecule has 2 heteroatoms. The zero-order valence-corrected chi connectivity index (χ0v) is 13.9. The van der Waals surface area contributed by atoms with Crippen LogP contribution in [0.15, 0.2) is 24.3 Å². The van der Waals surface area contributed by atoms with Crippen molar-refractivity contribution in [3.63, 3.8) is 0 Å². The molecule has 2 unspecified atom stereocenters. The van der Waals surface area contributed by atoms with Gasteiger partial charge in [-0.3, -0.25) is 0 Å². The van der Waals surface area contributed by atoms with E-state index >= 15 is 0 Å². The van der Waals surface area contributed by atoms with Crippen LogP contribution in [-0.2, 0) is 0 Å². The van der Waals surface area contributed by atoms with E-state index in [-0.39, 0.29) is 5.56 Å². The predicted octanol–water partition coefficient (Wildman–Crippen LogP) is 5.41. The minimum absolute atomic E-state index is 0.141. The van der Waals surface area contributed by atoms with Crippen molar-refractivity contribution in [3.05, 3.63) is 69.3 Å². The molecule has 0 bridgehead atoms. The second-order valence-corrected chi connectivity index (χ2v) is 6.66. The molecule has 0 amide bonds. The van der Waals surface area contributed by atoms with E-state index < -0.39 is 11.6 Å². The fourth-order valence-electron chi connectivity index (χ4n) is 2.96. The van der Waals surface area contributed by atoms with E-state index in [1.54, 1.807) is 0 Å². The summed E-state index contributed by atoms with van der Waals surface area (Å²) in [6.07, 6.45) is 1.01. The van der Waals surface area contributed by atoms with Gasteiger partial charge in [-0.15, -0.1) is 0 Å². The molecule has 1 aliphatic carbocycles. The second kappa shape index (κ2) is 5.81. The molecular weight excluding hydrogens is 290 g/mol. The van der Waals surface area contributed by atoms with Gasteiger partial charge in [-0.25, -0.2) is 8.78 Å². The molecule has 0 radical (unpaired) electrons. The molecular formula is C21H20F2. The molecule has 2 aromatic rings. The molecule has 2 atom stereocenters. The van der Waals surface area contributed by atoms with Gasteiger partial charge in [0, 0.05) is 5.56 Å². The third kappa shape index (κ3) is 3.15. The summed E-state index contributed by atoms with van der Waals surface area (Å²) in [5.41, 5.74) is 4.87. The maximum absolute atomic E-state index is 14.2. The van der Waals surface area contributed by atoms with Crippen LogP contribution < -0.4 is 0 Å². The number of halogens is 2. The highest BCUT2D eigenvalue weighted by Gasteiger charge is 2.34. The van der Waals surface area contributed by atoms with Crippen molar-refractivity contribution in [2.75, 3.05) is 0 Å². The first-order chi connectivity index (χ1) is 10.9. The Bertz CT molecular complexity index is 791. The Labute approximate surface area is 136 Å². The third-order valence-electron chi connectivity index (χ3n) is 4.86. The molecule has 23 heavy (non-hydrogen) atoms. The Morgan fingerprint density at radius 1 is 0.913 bits per heavy atom. The lowest BCUT2D eigenvalue weighted by Gasteiger charge is -2.05. The van der Waals surface area contributed by atoms with Crippen LogP contribution in [0.4, 0.5) is 8.78 Å². The van der Waals surface area contributed by atoms with Crippen molar-refractivity contribution in [2.45, 2.75) is 40.0 Å². The van der Waals surface area contributed by atoms with Gasteiger partial charge in [0.15, 0.2) is 0 Å². The summed E-state index contributed by atoms with van der Waals surface area (Å²) in [7, 11) is 0. The average molecular weight is 310 g/mol. The Kier molecular flexibility index (Phi) is 3.98. The van der Waals surface area contributed by atoms with Gasteiger partial charge in [0.05, 0.1) is 5.56 Å². The molecule has 3 rings (SSSR count). The second-order valence-electron chi connectivity index (χ2n) is 6.66. The van der Waals surface area contributed by atoms with Gasteiger partial charge < -0.3 is 0 Å². The van der Waals surface area contributed by atoms with Crippen molar-refractivity contribution >= 4 is 0 Å². The fourth-order valence-corrected chi connectivity index (χ4v) is 2.96. The van der Waals surface area contributed by atoms with Crippen LogP contribution in [0.2, 0.25) is 0 Å². The maximum atomic E-state index is 14.2. The standard InChI is InChI=1S/C21H20F2/c1-12-7-16(8-13(2)15(12)4)5-6-18-20(22)10-17(11-21(18)23)19-9-14(19)3/h7-8,10-11,14,19H,9H2,1-4H3. The van der Waals surface area contributed by atoms with Crippen molar-refractivity contribution < 1.29 is 8.78 Å². The summed E-state index contributed by atoms with van der Waals surface area (Å²) in [6.45, 7) is 8.18. The van der Waals surface area contributed by atoms with E-state index in [9.17, 15) is 8.78 Å². The van der Waals surface area contributed by atoms with Crippen molar-refractivity contribution in [3.8, 4) is 11.8 Å². The lowest BCUT2D eigenvalue weighted by atomic mass is 10.0. The molecule has 1 aliphatic rings. The van der Waals surface area contributed by atoms with Gasteiger partial charge in [0.25, 0.3) is 0 Å². The molecule has 0 nitrogen and oxygen atoms in total. The molecule has 0 heterocycles. The van der Waals surface area contributed by atoms with Gasteiger partial charge in [-0.1, -0.05) is 18.8 Å². The van der Waals surface area contributed by atoms with E-state index in [0.29, 0.717) is 11.8 Å². The van der Waals surface area contributed by atoms with Crippen LogP contribution in [-0.4, -0.2) is 0 Å². The van der Waals surface area contributed by atoms with Crippen LogP contribution in [0.1, 0.15) is 52.6 Å². The predicted molar refractivity (Wildman–Crippen MR) is 89.5 cm³/mol. The molecule has 0 saturated heterocycles.